The zero-order valence-electron chi connectivity index (χ0n) is 30.6. The standard InChI is InChI=1S/C35H44N18O2/c1-16(46-50-32(36)37)21-7-22(17(2)47-51-33(38)39)13-28(12-21)44-30(54)26-9-25(20-5-6-20)10-27(11-26)31(55)45-29-14-23(18(3)48-52-34(40)41)8-24(15-29)19(4)49-53-35(42)43/h7-15,20H,5-6H2,1-4H3,(H,44,54)(H,45,55)(H4,36,37,50)(H4,38,39,51)(H4,40,41,52)(H4,42,43,53)/b46-16-,47-17-,48-18-,49-19+. The molecule has 2 amide bonds. The van der Waals surface area contributed by atoms with Gasteiger partial charge in [-0.1, -0.05) is 0 Å². The van der Waals surface area contributed by atoms with Crippen LogP contribution in [-0.4, -0.2) is 58.5 Å². The van der Waals surface area contributed by atoms with Crippen molar-refractivity contribution in [3.8, 4) is 0 Å². The molecule has 20 nitrogen and oxygen atoms in total. The average molecular weight is 749 g/mol. The lowest BCUT2D eigenvalue weighted by atomic mass is 10.00. The van der Waals surface area contributed by atoms with E-state index in [-0.39, 0.29) is 40.9 Å². The maximum absolute atomic E-state index is 13.9. The fourth-order valence-electron chi connectivity index (χ4n) is 5.04. The van der Waals surface area contributed by atoms with E-state index in [1.807, 2.05) is 0 Å². The SMILES string of the molecule is C/C(=N/NC(=N)N)c1cc(NC(=O)c2cc(C(=O)Nc3cc(/C(C)=N\NC(=N)N)cc(/C(C)=N/NC(=N)N)c3)cc(C3CC3)c2)cc(/C(C)=N\NC(=N)N)c1. The second kappa shape index (κ2) is 17.7. The number of carbonyl (C=O) groups excluding carboxylic acids is 2. The summed E-state index contributed by atoms with van der Waals surface area (Å²) in [6, 6.07) is 15.3. The molecule has 0 atom stereocenters. The fourth-order valence-corrected chi connectivity index (χ4v) is 5.04. The summed E-state index contributed by atoms with van der Waals surface area (Å²) in [6.45, 7) is 6.77. The van der Waals surface area contributed by atoms with Crippen LogP contribution in [0.4, 0.5) is 11.4 Å². The summed E-state index contributed by atoms with van der Waals surface area (Å²) >= 11 is 0. The summed E-state index contributed by atoms with van der Waals surface area (Å²) in [5.41, 5.74) is 37.4. The van der Waals surface area contributed by atoms with Crippen molar-refractivity contribution in [2.45, 2.75) is 46.5 Å². The highest BCUT2D eigenvalue weighted by molar-refractivity contribution is 6.12. The van der Waals surface area contributed by atoms with Gasteiger partial charge in [-0.05, 0) is 107 Å². The molecule has 1 fully saturated rings. The van der Waals surface area contributed by atoms with E-state index in [0.717, 1.165) is 18.4 Å². The minimum absolute atomic E-state index is 0.199. The van der Waals surface area contributed by atoms with Crippen molar-refractivity contribution in [3.63, 3.8) is 0 Å². The molecule has 1 saturated carbocycles. The van der Waals surface area contributed by atoms with Crippen LogP contribution in [0.2, 0.25) is 0 Å². The number of nitrogens with one attached hydrogen (secondary N) is 10. The number of hydrogen-bond donors (Lipinski definition) is 14. The first kappa shape index (κ1) is 40.1. The molecule has 0 radical (unpaired) electrons. The largest absolute Gasteiger partial charge is 0.369 e. The van der Waals surface area contributed by atoms with Gasteiger partial charge in [-0.25, -0.2) is 21.7 Å². The van der Waals surface area contributed by atoms with Crippen LogP contribution >= 0.6 is 0 Å². The average Bonchev–Trinajstić information content (AvgIpc) is 3.99. The Balaban J connectivity index is 1.70. The molecule has 18 N–H and O–H groups in total. The lowest BCUT2D eigenvalue weighted by Crippen LogP contribution is -2.27. The lowest BCUT2D eigenvalue weighted by molar-refractivity contribution is 0.102. The molecule has 20 heteroatoms. The molecule has 3 aromatic rings. The van der Waals surface area contributed by atoms with Crippen LogP contribution in [0.25, 0.3) is 0 Å². The third-order valence-electron chi connectivity index (χ3n) is 7.96. The van der Waals surface area contributed by atoms with Gasteiger partial charge in [0.25, 0.3) is 11.8 Å². The predicted molar refractivity (Wildman–Crippen MR) is 216 cm³/mol. The monoisotopic (exact) mass is 748 g/mol. The maximum atomic E-state index is 13.9. The topological polar surface area (TPSA) is 355 Å². The van der Waals surface area contributed by atoms with Gasteiger partial charge in [-0.15, -0.1) is 0 Å². The zero-order valence-corrected chi connectivity index (χ0v) is 30.6. The van der Waals surface area contributed by atoms with Crippen molar-refractivity contribution in [1.29, 1.82) is 21.6 Å². The van der Waals surface area contributed by atoms with E-state index < -0.39 is 11.8 Å². The van der Waals surface area contributed by atoms with Crippen LogP contribution in [0.1, 0.15) is 95.0 Å². The van der Waals surface area contributed by atoms with Gasteiger partial charge >= 0.3 is 0 Å². The first-order valence-corrected chi connectivity index (χ1v) is 16.7. The Morgan fingerprint density at radius 3 is 1.02 bits per heavy atom. The first-order chi connectivity index (χ1) is 26.0. The minimum Gasteiger partial charge on any atom is -0.369 e. The van der Waals surface area contributed by atoms with E-state index >= 15 is 0 Å². The van der Waals surface area contributed by atoms with E-state index in [2.05, 4.69) is 52.7 Å². The second-order valence-electron chi connectivity index (χ2n) is 12.5. The molecule has 1 aliphatic rings. The molecule has 0 bridgehead atoms. The van der Waals surface area contributed by atoms with E-state index in [4.69, 9.17) is 44.6 Å². The molecule has 0 spiro atoms. The Labute approximate surface area is 316 Å². The number of carbonyl (C=O) groups is 2. The Morgan fingerprint density at radius 2 is 0.764 bits per heavy atom. The van der Waals surface area contributed by atoms with Crippen molar-refractivity contribution in [2.75, 3.05) is 10.6 Å². The van der Waals surface area contributed by atoms with Crippen LogP contribution in [0.15, 0.2) is 75.0 Å². The van der Waals surface area contributed by atoms with E-state index in [0.29, 0.717) is 56.5 Å². The summed E-state index contributed by atoms with van der Waals surface area (Å²) in [6.07, 6.45) is 1.84. The summed E-state index contributed by atoms with van der Waals surface area (Å²) in [5, 5.41) is 52.1. The van der Waals surface area contributed by atoms with Gasteiger partial charge in [0.15, 0.2) is 0 Å². The number of nitrogens with zero attached hydrogens (tertiary/aromatic N) is 4. The zero-order chi connectivity index (χ0) is 40.4. The smallest absolute Gasteiger partial charge is 0.255 e. The molecule has 55 heavy (non-hydrogen) atoms. The van der Waals surface area contributed by atoms with Gasteiger partial charge in [0.1, 0.15) is 0 Å². The van der Waals surface area contributed by atoms with Crippen LogP contribution < -0.4 is 55.3 Å². The van der Waals surface area contributed by atoms with Crippen LogP contribution in [0.5, 0.6) is 0 Å². The summed E-state index contributed by atoms with van der Waals surface area (Å²) < 4.78 is 0. The van der Waals surface area contributed by atoms with E-state index in [1.54, 1.807) is 76.2 Å². The van der Waals surface area contributed by atoms with Crippen molar-refractivity contribution in [1.82, 2.24) is 21.7 Å². The van der Waals surface area contributed by atoms with E-state index in [9.17, 15) is 9.59 Å². The number of amides is 2. The molecule has 0 aliphatic heterocycles. The molecular formula is C35H44N18O2. The van der Waals surface area contributed by atoms with Crippen LogP contribution in [0, 0.1) is 21.6 Å². The molecule has 0 unspecified atom stereocenters. The number of hydrazone groups is 4. The molecule has 0 saturated heterocycles. The van der Waals surface area contributed by atoms with Gasteiger partial charge in [-0.3, -0.25) is 31.2 Å². The molecule has 0 aromatic heterocycles. The number of rotatable bonds is 13. The predicted octanol–water partition coefficient (Wildman–Crippen LogP) is 1.90. The Morgan fingerprint density at radius 1 is 0.491 bits per heavy atom. The highest BCUT2D eigenvalue weighted by atomic mass is 16.2. The van der Waals surface area contributed by atoms with Gasteiger partial charge in [0.05, 0.1) is 22.8 Å². The third-order valence-corrected chi connectivity index (χ3v) is 7.96. The van der Waals surface area contributed by atoms with Gasteiger partial charge in [-0.2, -0.15) is 20.4 Å². The van der Waals surface area contributed by atoms with Gasteiger partial charge in [0.2, 0.25) is 23.8 Å². The maximum Gasteiger partial charge on any atom is 0.255 e. The fraction of sp³-hybridized carbons (Fsp3) is 0.200. The molecule has 286 valence electrons. The molecule has 1 aliphatic carbocycles. The second-order valence-corrected chi connectivity index (χ2v) is 12.5. The highest BCUT2D eigenvalue weighted by Gasteiger charge is 2.26. The molecule has 3 aromatic carbocycles. The molecule has 0 heterocycles. The highest BCUT2D eigenvalue weighted by Crippen LogP contribution is 2.41. The Kier molecular flexibility index (Phi) is 12.9. The van der Waals surface area contributed by atoms with Gasteiger partial charge < -0.3 is 33.6 Å². The minimum atomic E-state index is -0.480. The normalized spacial score (nSPS) is 13.3. The Hall–Kier alpha value is -7.64. The lowest BCUT2D eigenvalue weighted by Gasteiger charge is -2.14. The summed E-state index contributed by atoms with van der Waals surface area (Å²) in [5.74, 6) is -2.18. The molecular weight excluding hydrogens is 705 g/mol. The summed E-state index contributed by atoms with van der Waals surface area (Å²) in [7, 11) is 0. The van der Waals surface area contributed by atoms with Crippen molar-refractivity contribution in [3.05, 3.63) is 93.5 Å². The third kappa shape index (κ3) is 12.0. The Bertz CT molecular complexity index is 1940. The van der Waals surface area contributed by atoms with Crippen molar-refractivity contribution in [2.24, 2.45) is 43.3 Å². The number of anilines is 2. The van der Waals surface area contributed by atoms with E-state index in [1.165, 1.54) is 6.07 Å². The number of guanidine groups is 4. The first-order valence-electron chi connectivity index (χ1n) is 16.7. The van der Waals surface area contributed by atoms with Crippen LogP contribution in [-0.2, 0) is 0 Å². The quantitative estimate of drug-likeness (QED) is 0.0683. The number of nitrogens with two attached hydrogens (primary N) is 4. The van der Waals surface area contributed by atoms with Gasteiger partial charge in [0, 0.05) is 44.8 Å². The van der Waals surface area contributed by atoms with Crippen molar-refractivity contribution < 1.29 is 9.59 Å². The number of benzene rings is 3. The van der Waals surface area contributed by atoms with Crippen molar-refractivity contribution >= 4 is 69.9 Å². The number of hydrogen-bond acceptors (Lipinski definition) is 10. The summed E-state index contributed by atoms with van der Waals surface area (Å²) in [4.78, 5) is 27.8. The molecule has 4 rings (SSSR count). The van der Waals surface area contributed by atoms with Crippen LogP contribution in [0.3, 0.4) is 0 Å².